The average molecular weight is 301 g/mol. The van der Waals surface area contributed by atoms with Gasteiger partial charge in [0.2, 0.25) is 0 Å². The molecule has 0 atom stereocenters. The minimum atomic E-state index is -0.562. The molecule has 0 unspecified atom stereocenters. The van der Waals surface area contributed by atoms with Crippen LogP contribution in [0.2, 0.25) is 0 Å². The maximum absolute atomic E-state index is 12.1. The van der Waals surface area contributed by atoms with Crippen LogP contribution in [-0.4, -0.2) is 34.1 Å². The molecule has 0 fully saturated rings. The Balaban J connectivity index is 2.03. The van der Waals surface area contributed by atoms with Gasteiger partial charge >= 0.3 is 6.09 Å². The van der Waals surface area contributed by atoms with Crippen LogP contribution in [0.5, 0.6) is 0 Å². The maximum Gasteiger partial charge on any atom is 0.407 e. The largest absolute Gasteiger partial charge is 0.453 e. The molecule has 0 spiro atoms. The average Bonchev–Trinajstić information content (AvgIpc) is 2.55. The molecule has 8 heteroatoms. The van der Waals surface area contributed by atoms with Crippen molar-refractivity contribution in [2.75, 3.05) is 12.4 Å². The number of carbonyl (C=O) groups excluding carboxylic acids is 2. The SMILES string of the molecule is COC(=O)NCc1cc(C(=O)Nc2cnc(C)nc2)ccn1. The van der Waals surface area contributed by atoms with Gasteiger partial charge in [-0.15, -0.1) is 0 Å². The molecular formula is C14H15N5O3. The predicted molar refractivity (Wildman–Crippen MR) is 78.2 cm³/mol. The van der Waals surface area contributed by atoms with E-state index in [1.165, 1.54) is 25.7 Å². The van der Waals surface area contributed by atoms with Crippen molar-refractivity contribution in [3.63, 3.8) is 0 Å². The molecule has 2 N–H and O–H groups in total. The number of pyridine rings is 1. The highest BCUT2D eigenvalue weighted by atomic mass is 16.5. The number of amides is 2. The minimum absolute atomic E-state index is 0.168. The van der Waals surface area contributed by atoms with Crippen molar-refractivity contribution in [3.05, 3.63) is 47.8 Å². The quantitative estimate of drug-likeness (QED) is 0.881. The molecule has 0 aliphatic carbocycles. The summed E-state index contributed by atoms with van der Waals surface area (Å²) in [6.07, 6.45) is 3.99. The number of nitrogens with zero attached hydrogens (tertiary/aromatic N) is 3. The van der Waals surface area contributed by atoms with E-state index >= 15 is 0 Å². The molecule has 8 nitrogen and oxygen atoms in total. The summed E-state index contributed by atoms with van der Waals surface area (Å²) in [6, 6.07) is 3.16. The van der Waals surface area contributed by atoms with E-state index in [0.29, 0.717) is 22.8 Å². The zero-order chi connectivity index (χ0) is 15.9. The van der Waals surface area contributed by atoms with E-state index in [0.717, 1.165) is 0 Å². The van der Waals surface area contributed by atoms with Gasteiger partial charge in [0.15, 0.2) is 0 Å². The van der Waals surface area contributed by atoms with E-state index in [-0.39, 0.29) is 12.5 Å². The summed E-state index contributed by atoms with van der Waals surface area (Å²) in [5.41, 5.74) is 1.46. The second-order valence-electron chi connectivity index (χ2n) is 4.35. The number of aryl methyl sites for hydroxylation is 1. The third-order valence-electron chi connectivity index (χ3n) is 2.72. The summed E-state index contributed by atoms with van der Waals surface area (Å²) in [4.78, 5) is 35.2. The highest BCUT2D eigenvalue weighted by Gasteiger charge is 2.08. The van der Waals surface area contributed by atoms with E-state index in [4.69, 9.17) is 0 Å². The molecule has 0 saturated carbocycles. The molecule has 0 radical (unpaired) electrons. The maximum atomic E-state index is 12.1. The molecule has 2 rings (SSSR count). The third-order valence-corrected chi connectivity index (χ3v) is 2.72. The summed E-state index contributed by atoms with van der Waals surface area (Å²) >= 11 is 0. The van der Waals surface area contributed by atoms with E-state index in [1.807, 2.05) is 0 Å². The number of rotatable bonds is 4. The normalized spacial score (nSPS) is 9.91. The molecule has 2 aromatic heterocycles. The van der Waals surface area contributed by atoms with Crippen LogP contribution in [0.1, 0.15) is 21.9 Å². The van der Waals surface area contributed by atoms with Gasteiger partial charge in [0.25, 0.3) is 5.91 Å². The van der Waals surface area contributed by atoms with Gasteiger partial charge in [0.1, 0.15) is 5.82 Å². The number of hydrogen-bond donors (Lipinski definition) is 2. The van der Waals surface area contributed by atoms with Crippen molar-refractivity contribution < 1.29 is 14.3 Å². The van der Waals surface area contributed by atoms with Gasteiger partial charge in [0.05, 0.1) is 37.4 Å². The van der Waals surface area contributed by atoms with Gasteiger partial charge in [-0.3, -0.25) is 9.78 Å². The zero-order valence-corrected chi connectivity index (χ0v) is 12.2. The lowest BCUT2D eigenvalue weighted by Gasteiger charge is -2.07. The Kier molecular flexibility index (Phi) is 4.97. The summed E-state index contributed by atoms with van der Waals surface area (Å²) in [6.45, 7) is 1.93. The van der Waals surface area contributed by atoms with Gasteiger partial charge in [-0.25, -0.2) is 14.8 Å². The summed E-state index contributed by atoms with van der Waals surface area (Å²) in [7, 11) is 1.27. The van der Waals surface area contributed by atoms with Crippen molar-refractivity contribution in [3.8, 4) is 0 Å². The lowest BCUT2D eigenvalue weighted by molar-refractivity contribution is 0.102. The van der Waals surface area contributed by atoms with Gasteiger partial charge in [-0.2, -0.15) is 0 Å². The van der Waals surface area contributed by atoms with Crippen LogP contribution in [0.15, 0.2) is 30.7 Å². The molecule has 0 aromatic carbocycles. The first-order valence-corrected chi connectivity index (χ1v) is 6.45. The number of methoxy groups -OCH3 is 1. The third kappa shape index (κ3) is 4.23. The van der Waals surface area contributed by atoms with Gasteiger partial charge in [0, 0.05) is 11.8 Å². The van der Waals surface area contributed by atoms with E-state index in [9.17, 15) is 9.59 Å². The molecule has 22 heavy (non-hydrogen) atoms. The summed E-state index contributed by atoms with van der Waals surface area (Å²) in [5.74, 6) is 0.312. The number of carbonyl (C=O) groups is 2. The lowest BCUT2D eigenvalue weighted by atomic mass is 10.2. The first kappa shape index (κ1) is 15.4. The van der Waals surface area contributed by atoms with Crippen LogP contribution >= 0.6 is 0 Å². The number of ether oxygens (including phenoxy) is 1. The van der Waals surface area contributed by atoms with Crippen LogP contribution in [-0.2, 0) is 11.3 Å². The molecule has 2 aromatic rings. The molecule has 0 aliphatic rings. The monoisotopic (exact) mass is 301 g/mol. The Bertz CT molecular complexity index is 672. The van der Waals surface area contributed by atoms with Crippen molar-refractivity contribution in [1.29, 1.82) is 0 Å². The van der Waals surface area contributed by atoms with Gasteiger partial charge < -0.3 is 15.4 Å². The Labute approximate surface area is 127 Å². The highest BCUT2D eigenvalue weighted by Crippen LogP contribution is 2.08. The summed E-state index contributed by atoms with van der Waals surface area (Å²) in [5, 5.41) is 5.18. The van der Waals surface area contributed by atoms with Crippen molar-refractivity contribution in [2.24, 2.45) is 0 Å². The van der Waals surface area contributed by atoms with Crippen LogP contribution in [0.3, 0.4) is 0 Å². The van der Waals surface area contributed by atoms with Crippen LogP contribution < -0.4 is 10.6 Å². The Hall–Kier alpha value is -3.03. The molecule has 0 saturated heterocycles. The van der Waals surface area contributed by atoms with Gasteiger partial charge in [-0.05, 0) is 19.1 Å². The van der Waals surface area contributed by atoms with Crippen molar-refractivity contribution in [1.82, 2.24) is 20.3 Å². The van der Waals surface area contributed by atoms with Crippen LogP contribution in [0.4, 0.5) is 10.5 Å². The topological polar surface area (TPSA) is 106 Å². The predicted octanol–water partition coefficient (Wildman–Crippen LogP) is 1.29. The Morgan fingerprint density at radius 1 is 1.23 bits per heavy atom. The highest BCUT2D eigenvalue weighted by molar-refractivity contribution is 6.04. The second kappa shape index (κ2) is 7.11. The van der Waals surface area contributed by atoms with Crippen LogP contribution in [0, 0.1) is 6.92 Å². The van der Waals surface area contributed by atoms with Gasteiger partial charge in [-0.1, -0.05) is 0 Å². The fraction of sp³-hybridized carbons (Fsp3) is 0.214. The molecule has 0 aliphatic heterocycles. The Morgan fingerprint density at radius 3 is 2.64 bits per heavy atom. The molecule has 114 valence electrons. The second-order valence-corrected chi connectivity index (χ2v) is 4.35. The van der Waals surface area contributed by atoms with E-state index in [1.54, 1.807) is 19.1 Å². The van der Waals surface area contributed by atoms with Crippen molar-refractivity contribution in [2.45, 2.75) is 13.5 Å². The lowest BCUT2D eigenvalue weighted by Crippen LogP contribution is -2.23. The minimum Gasteiger partial charge on any atom is -0.453 e. The summed E-state index contributed by atoms with van der Waals surface area (Å²) < 4.78 is 4.47. The molecule has 2 heterocycles. The fourth-order valence-corrected chi connectivity index (χ4v) is 1.61. The fourth-order valence-electron chi connectivity index (χ4n) is 1.61. The molecule has 0 bridgehead atoms. The first-order chi connectivity index (χ1) is 10.6. The van der Waals surface area contributed by atoms with E-state index in [2.05, 4.69) is 30.3 Å². The standard InChI is InChI=1S/C14H15N5O3/c1-9-16-7-12(8-17-9)19-13(20)10-3-4-15-11(5-10)6-18-14(21)22-2/h3-5,7-8H,6H2,1-2H3,(H,18,21)(H,19,20). The first-order valence-electron chi connectivity index (χ1n) is 6.45. The smallest absolute Gasteiger partial charge is 0.407 e. The molecule has 2 amide bonds. The van der Waals surface area contributed by atoms with Crippen LogP contribution in [0.25, 0.3) is 0 Å². The number of alkyl carbamates (subject to hydrolysis) is 1. The number of anilines is 1. The molecular weight excluding hydrogens is 286 g/mol. The van der Waals surface area contributed by atoms with Crippen molar-refractivity contribution >= 4 is 17.7 Å². The van der Waals surface area contributed by atoms with E-state index < -0.39 is 6.09 Å². The zero-order valence-electron chi connectivity index (χ0n) is 12.2. The number of aromatic nitrogens is 3. The number of nitrogens with one attached hydrogen (secondary N) is 2. The number of hydrogen-bond acceptors (Lipinski definition) is 6. The Morgan fingerprint density at radius 2 is 1.95 bits per heavy atom.